The highest BCUT2D eigenvalue weighted by Gasteiger charge is 2.16. The van der Waals surface area contributed by atoms with E-state index in [4.69, 9.17) is 9.84 Å². The molecule has 144 valence electrons. The molecule has 0 aliphatic carbocycles. The molecule has 1 amide bonds. The van der Waals surface area contributed by atoms with Crippen LogP contribution in [-0.4, -0.2) is 36.7 Å². The van der Waals surface area contributed by atoms with E-state index in [1.807, 2.05) is 25.1 Å². The summed E-state index contributed by atoms with van der Waals surface area (Å²) in [7, 11) is 0. The summed E-state index contributed by atoms with van der Waals surface area (Å²) in [5.74, 6) is -0.729. The molecule has 0 aliphatic rings. The molecule has 3 N–H and O–H groups in total. The lowest BCUT2D eigenvalue weighted by Crippen LogP contribution is -2.22. The fraction of sp³-hybridized carbons (Fsp3) is 0.333. The van der Waals surface area contributed by atoms with Gasteiger partial charge in [0.1, 0.15) is 0 Å². The van der Waals surface area contributed by atoms with E-state index in [-0.39, 0.29) is 25.0 Å². The zero-order chi connectivity index (χ0) is 19.8. The van der Waals surface area contributed by atoms with Crippen molar-refractivity contribution in [3.63, 3.8) is 0 Å². The van der Waals surface area contributed by atoms with Gasteiger partial charge in [-0.15, -0.1) is 0 Å². The van der Waals surface area contributed by atoms with E-state index in [0.717, 1.165) is 16.8 Å². The van der Waals surface area contributed by atoms with E-state index in [1.54, 1.807) is 24.3 Å². The van der Waals surface area contributed by atoms with Gasteiger partial charge in [-0.2, -0.15) is 0 Å². The number of amides is 1. The average molecular weight is 370 g/mol. The number of carbonyl (C=O) groups is 2. The zero-order valence-corrected chi connectivity index (χ0v) is 15.9. The SMILES string of the molecule is Cc1cccc(C(C)C)c1NC(=O)COC(=O)c1ccccc1NCCO. The topological polar surface area (TPSA) is 87.7 Å². The highest BCUT2D eigenvalue weighted by Crippen LogP contribution is 2.27. The van der Waals surface area contributed by atoms with Crippen LogP contribution in [-0.2, 0) is 9.53 Å². The summed E-state index contributed by atoms with van der Waals surface area (Å²) in [5, 5.41) is 14.7. The number of aryl methyl sites for hydroxylation is 1. The summed E-state index contributed by atoms with van der Waals surface area (Å²) in [4.78, 5) is 24.6. The van der Waals surface area contributed by atoms with Crippen molar-refractivity contribution in [2.24, 2.45) is 0 Å². The zero-order valence-electron chi connectivity index (χ0n) is 15.9. The first-order valence-electron chi connectivity index (χ1n) is 8.94. The molecule has 0 aromatic heterocycles. The van der Waals surface area contributed by atoms with Crippen LogP contribution in [0.4, 0.5) is 11.4 Å². The van der Waals surface area contributed by atoms with Gasteiger partial charge in [0.15, 0.2) is 6.61 Å². The van der Waals surface area contributed by atoms with E-state index >= 15 is 0 Å². The second-order valence-electron chi connectivity index (χ2n) is 6.51. The molecule has 0 heterocycles. The van der Waals surface area contributed by atoms with Crippen LogP contribution in [0.1, 0.15) is 41.3 Å². The molecule has 6 nitrogen and oxygen atoms in total. The normalized spacial score (nSPS) is 10.6. The Labute approximate surface area is 159 Å². The number of carbonyl (C=O) groups excluding carboxylic acids is 2. The van der Waals surface area contributed by atoms with Crippen molar-refractivity contribution in [2.45, 2.75) is 26.7 Å². The van der Waals surface area contributed by atoms with Gasteiger partial charge >= 0.3 is 5.97 Å². The molecule has 2 aromatic carbocycles. The number of aliphatic hydroxyl groups excluding tert-OH is 1. The van der Waals surface area contributed by atoms with Gasteiger partial charge in [-0.3, -0.25) is 4.79 Å². The third kappa shape index (κ3) is 5.56. The van der Waals surface area contributed by atoms with Gasteiger partial charge in [0, 0.05) is 17.9 Å². The smallest absolute Gasteiger partial charge is 0.340 e. The number of esters is 1. The van der Waals surface area contributed by atoms with Crippen LogP contribution >= 0.6 is 0 Å². The van der Waals surface area contributed by atoms with Gasteiger partial charge in [0.25, 0.3) is 5.91 Å². The number of rotatable bonds is 8. The van der Waals surface area contributed by atoms with Crippen LogP contribution in [0, 0.1) is 6.92 Å². The van der Waals surface area contributed by atoms with E-state index in [0.29, 0.717) is 17.8 Å². The summed E-state index contributed by atoms with van der Waals surface area (Å²) in [6.45, 7) is 5.92. The highest BCUT2D eigenvalue weighted by molar-refractivity contribution is 5.99. The van der Waals surface area contributed by atoms with Gasteiger partial charge in [0.05, 0.1) is 12.2 Å². The molecule has 0 unspecified atom stereocenters. The second kappa shape index (κ2) is 9.73. The van der Waals surface area contributed by atoms with Crippen LogP contribution in [0.5, 0.6) is 0 Å². The summed E-state index contributed by atoms with van der Waals surface area (Å²) < 4.78 is 5.17. The molecule has 0 atom stereocenters. The van der Waals surface area contributed by atoms with Crippen molar-refractivity contribution in [3.05, 3.63) is 59.2 Å². The predicted molar refractivity (Wildman–Crippen MR) is 106 cm³/mol. The second-order valence-corrected chi connectivity index (χ2v) is 6.51. The molecular weight excluding hydrogens is 344 g/mol. The van der Waals surface area contributed by atoms with Crippen LogP contribution in [0.2, 0.25) is 0 Å². The Balaban J connectivity index is 2.02. The van der Waals surface area contributed by atoms with Crippen molar-refractivity contribution in [1.29, 1.82) is 0 Å². The number of hydrogen-bond acceptors (Lipinski definition) is 5. The molecule has 2 aromatic rings. The monoisotopic (exact) mass is 370 g/mol. The highest BCUT2D eigenvalue weighted by atomic mass is 16.5. The Morgan fingerprint density at radius 1 is 1.11 bits per heavy atom. The van der Waals surface area contributed by atoms with E-state index < -0.39 is 5.97 Å². The quantitative estimate of drug-likeness (QED) is 0.621. The number of anilines is 2. The van der Waals surface area contributed by atoms with Gasteiger partial charge in [0.2, 0.25) is 0 Å². The molecule has 0 radical (unpaired) electrons. The minimum atomic E-state index is -0.597. The summed E-state index contributed by atoms with van der Waals surface area (Å²) in [6, 6.07) is 12.7. The Bertz CT molecular complexity index is 803. The van der Waals surface area contributed by atoms with Crippen molar-refractivity contribution in [2.75, 3.05) is 30.4 Å². The summed E-state index contributed by atoms with van der Waals surface area (Å²) in [5.41, 5.74) is 3.63. The van der Waals surface area contributed by atoms with Gasteiger partial charge in [-0.05, 0) is 36.1 Å². The number of para-hydroxylation sites is 2. The number of ether oxygens (including phenoxy) is 1. The van der Waals surface area contributed by atoms with Gasteiger partial charge in [-0.1, -0.05) is 44.2 Å². The number of hydrogen-bond donors (Lipinski definition) is 3. The molecule has 2 rings (SSSR count). The van der Waals surface area contributed by atoms with E-state index in [9.17, 15) is 9.59 Å². The Morgan fingerprint density at radius 3 is 2.56 bits per heavy atom. The maximum absolute atomic E-state index is 12.3. The van der Waals surface area contributed by atoms with Crippen LogP contribution < -0.4 is 10.6 Å². The van der Waals surface area contributed by atoms with Crippen molar-refractivity contribution >= 4 is 23.3 Å². The minimum absolute atomic E-state index is 0.0552. The van der Waals surface area contributed by atoms with Crippen molar-refractivity contribution in [1.82, 2.24) is 0 Å². The molecule has 0 saturated carbocycles. The largest absolute Gasteiger partial charge is 0.452 e. The van der Waals surface area contributed by atoms with E-state index in [2.05, 4.69) is 24.5 Å². The third-order valence-electron chi connectivity index (χ3n) is 4.10. The minimum Gasteiger partial charge on any atom is -0.452 e. The molecule has 0 saturated heterocycles. The molecule has 0 fully saturated rings. The standard InChI is InChI=1S/C21H26N2O4/c1-14(2)16-9-6-7-15(3)20(16)23-19(25)13-27-21(26)17-8-4-5-10-18(17)22-11-12-24/h4-10,14,22,24H,11-13H2,1-3H3,(H,23,25). The first kappa shape index (κ1) is 20.5. The van der Waals surface area contributed by atoms with Crippen molar-refractivity contribution < 1.29 is 19.4 Å². The molecule has 0 aliphatic heterocycles. The number of aliphatic hydroxyl groups is 1. The van der Waals surface area contributed by atoms with Crippen molar-refractivity contribution in [3.8, 4) is 0 Å². The summed E-state index contributed by atoms with van der Waals surface area (Å²) in [6.07, 6.45) is 0. The Hall–Kier alpha value is -2.86. The lowest BCUT2D eigenvalue weighted by molar-refractivity contribution is -0.119. The molecular formula is C21H26N2O4. The average Bonchev–Trinajstić information content (AvgIpc) is 2.66. The first-order chi connectivity index (χ1) is 12.9. The first-order valence-corrected chi connectivity index (χ1v) is 8.94. The number of nitrogens with one attached hydrogen (secondary N) is 2. The number of benzene rings is 2. The maximum Gasteiger partial charge on any atom is 0.340 e. The molecule has 0 bridgehead atoms. The fourth-order valence-corrected chi connectivity index (χ4v) is 2.73. The Kier molecular flexibility index (Phi) is 7.37. The summed E-state index contributed by atoms with van der Waals surface area (Å²) >= 11 is 0. The third-order valence-corrected chi connectivity index (χ3v) is 4.10. The van der Waals surface area contributed by atoms with Gasteiger partial charge < -0.3 is 20.5 Å². The maximum atomic E-state index is 12.3. The van der Waals surface area contributed by atoms with Crippen LogP contribution in [0.3, 0.4) is 0 Å². The lowest BCUT2D eigenvalue weighted by atomic mass is 9.98. The lowest BCUT2D eigenvalue weighted by Gasteiger charge is -2.16. The predicted octanol–water partition coefficient (Wildman–Crippen LogP) is 3.32. The van der Waals surface area contributed by atoms with Gasteiger partial charge in [-0.25, -0.2) is 4.79 Å². The molecule has 0 spiro atoms. The fourth-order valence-electron chi connectivity index (χ4n) is 2.73. The molecule has 6 heteroatoms. The Morgan fingerprint density at radius 2 is 1.85 bits per heavy atom. The van der Waals surface area contributed by atoms with E-state index in [1.165, 1.54) is 0 Å². The molecule has 27 heavy (non-hydrogen) atoms. The van der Waals surface area contributed by atoms with Crippen LogP contribution in [0.15, 0.2) is 42.5 Å². The van der Waals surface area contributed by atoms with Crippen LogP contribution in [0.25, 0.3) is 0 Å².